The van der Waals surface area contributed by atoms with Crippen LogP contribution in [-0.4, -0.2) is 32.1 Å². The summed E-state index contributed by atoms with van der Waals surface area (Å²) in [5, 5.41) is 1.82. The minimum Gasteiger partial charge on any atom is -0.289 e. The van der Waals surface area contributed by atoms with E-state index in [1.165, 1.54) is 29.4 Å². The van der Waals surface area contributed by atoms with Gasteiger partial charge in [0.15, 0.2) is 0 Å². The second kappa shape index (κ2) is 6.39. The van der Waals surface area contributed by atoms with Crippen molar-refractivity contribution in [2.75, 3.05) is 17.8 Å². The minimum atomic E-state index is -2.91. The largest absolute Gasteiger partial charge is 0.289 e. The number of carbonyl (C=O) groups is 1. The molecule has 0 fully saturated rings. The van der Waals surface area contributed by atoms with Crippen LogP contribution in [0.4, 0.5) is 0 Å². The molecule has 0 aliphatic heterocycles. The Morgan fingerprint density at radius 3 is 2.88 bits per heavy atom. The molecule has 0 aliphatic rings. The number of nitrogens with one attached hydrogen (secondary N) is 1. The van der Waals surface area contributed by atoms with Crippen molar-refractivity contribution in [2.45, 2.75) is 5.75 Å². The average Bonchev–Trinajstić information content (AvgIpc) is 2.70. The van der Waals surface area contributed by atoms with Gasteiger partial charge in [0.25, 0.3) is 5.91 Å². The lowest BCUT2D eigenvalue weighted by atomic mass is 10.3. The number of rotatable bonds is 6. The van der Waals surface area contributed by atoms with Gasteiger partial charge in [-0.2, -0.15) is 11.8 Å². The minimum absolute atomic E-state index is 0.153. The molecule has 8 heteroatoms. The molecule has 0 bridgehead atoms. The second-order valence-corrected chi connectivity index (χ2v) is 7.71. The Labute approximate surface area is 109 Å². The standard InChI is InChI=1S/C9H14N2O3S3/c1-17(13,14)5-4-15-6-7-2-3-16-8(7)9(12)11-10/h2-3H,4-6,10H2,1H3,(H,11,12). The molecule has 0 radical (unpaired) electrons. The van der Waals surface area contributed by atoms with E-state index in [-0.39, 0.29) is 11.7 Å². The summed E-state index contributed by atoms with van der Waals surface area (Å²) in [5.41, 5.74) is 2.97. The Morgan fingerprint density at radius 1 is 1.59 bits per heavy atom. The molecule has 1 aromatic heterocycles. The summed E-state index contributed by atoms with van der Waals surface area (Å²) in [6.45, 7) is 0. The van der Waals surface area contributed by atoms with Crippen molar-refractivity contribution in [3.05, 3.63) is 21.9 Å². The molecule has 1 amide bonds. The Hall–Kier alpha value is -0.570. The Balaban J connectivity index is 2.47. The topological polar surface area (TPSA) is 89.3 Å². The summed E-state index contributed by atoms with van der Waals surface area (Å²) in [6.07, 6.45) is 1.21. The van der Waals surface area contributed by atoms with Crippen LogP contribution in [-0.2, 0) is 15.6 Å². The molecule has 0 atom stereocenters. The van der Waals surface area contributed by atoms with Crippen LogP contribution in [0.5, 0.6) is 0 Å². The SMILES string of the molecule is CS(=O)(=O)CCSCc1ccsc1C(=O)NN. The first-order chi connectivity index (χ1) is 7.94. The van der Waals surface area contributed by atoms with Gasteiger partial charge in [-0.3, -0.25) is 10.2 Å². The number of hydrazine groups is 1. The van der Waals surface area contributed by atoms with Gasteiger partial charge in [0.2, 0.25) is 0 Å². The predicted octanol–water partition coefficient (Wildman–Crippen LogP) is 0.629. The number of sulfone groups is 1. The van der Waals surface area contributed by atoms with E-state index in [0.29, 0.717) is 16.4 Å². The van der Waals surface area contributed by atoms with Crippen LogP contribution in [0.2, 0.25) is 0 Å². The summed E-state index contributed by atoms with van der Waals surface area (Å²) in [5.74, 6) is 6.05. The third kappa shape index (κ3) is 5.07. The fourth-order valence-corrected chi connectivity index (χ4v) is 4.31. The number of nitrogens with two attached hydrogens (primary N) is 1. The van der Waals surface area contributed by atoms with Gasteiger partial charge in [-0.15, -0.1) is 11.3 Å². The fraction of sp³-hybridized carbons (Fsp3) is 0.444. The molecular weight excluding hydrogens is 280 g/mol. The zero-order valence-corrected chi connectivity index (χ0v) is 11.8. The van der Waals surface area contributed by atoms with Crippen LogP contribution in [0.15, 0.2) is 11.4 Å². The first-order valence-electron chi connectivity index (χ1n) is 4.77. The lowest BCUT2D eigenvalue weighted by Crippen LogP contribution is -2.29. The molecule has 0 saturated carbocycles. The first-order valence-corrected chi connectivity index (χ1v) is 8.86. The van der Waals surface area contributed by atoms with E-state index in [0.717, 1.165) is 5.56 Å². The predicted molar refractivity (Wildman–Crippen MR) is 71.8 cm³/mol. The molecule has 3 N–H and O–H groups in total. The number of amides is 1. The molecule has 0 aliphatic carbocycles. The highest BCUT2D eigenvalue weighted by atomic mass is 32.2. The Kier molecular flexibility index (Phi) is 5.44. The van der Waals surface area contributed by atoms with E-state index in [2.05, 4.69) is 5.43 Å². The molecule has 0 saturated heterocycles. The molecule has 5 nitrogen and oxygen atoms in total. The van der Waals surface area contributed by atoms with Gasteiger partial charge in [0, 0.05) is 17.8 Å². The van der Waals surface area contributed by atoms with Crippen LogP contribution in [0, 0.1) is 0 Å². The van der Waals surface area contributed by atoms with Gasteiger partial charge in [-0.1, -0.05) is 0 Å². The zero-order chi connectivity index (χ0) is 12.9. The van der Waals surface area contributed by atoms with Crippen LogP contribution >= 0.6 is 23.1 Å². The highest BCUT2D eigenvalue weighted by molar-refractivity contribution is 7.99. The summed E-state index contributed by atoms with van der Waals surface area (Å²) in [6, 6.07) is 1.85. The summed E-state index contributed by atoms with van der Waals surface area (Å²) >= 11 is 2.81. The molecule has 0 unspecified atom stereocenters. The van der Waals surface area contributed by atoms with E-state index in [9.17, 15) is 13.2 Å². The Morgan fingerprint density at radius 2 is 2.29 bits per heavy atom. The van der Waals surface area contributed by atoms with Gasteiger partial charge in [-0.05, 0) is 17.0 Å². The number of thioether (sulfide) groups is 1. The monoisotopic (exact) mass is 294 g/mol. The van der Waals surface area contributed by atoms with Gasteiger partial charge in [0.1, 0.15) is 9.84 Å². The maximum absolute atomic E-state index is 11.4. The van der Waals surface area contributed by atoms with Crippen molar-refractivity contribution >= 4 is 38.8 Å². The van der Waals surface area contributed by atoms with E-state index >= 15 is 0 Å². The van der Waals surface area contributed by atoms with E-state index in [1.54, 1.807) is 0 Å². The van der Waals surface area contributed by atoms with Gasteiger partial charge in [-0.25, -0.2) is 14.3 Å². The third-order valence-electron chi connectivity index (χ3n) is 1.94. The average molecular weight is 294 g/mol. The highest BCUT2D eigenvalue weighted by Gasteiger charge is 2.12. The van der Waals surface area contributed by atoms with Crippen molar-refractivity contribution in [2.24, 2.45) is 5.84 Å². The van der Waals surface area contributed by atoms with Crippen LogP contribution in [0.1, 0.15) is 15.2 Å². The highest BCUT2D eigenvalue weighted by Crippen LogP contribution is 2.21. The Bertz CT molecular complexity index is 481. The van der Waals surface area contributed by atoms with Crippen molar-refractivity contribution in [1.29, 1.82) is 0 Å². The van der Waals surface area contributed by atoms with E-state index in [4.69, 9.17) is 5.84 Å². The number of carbonyl (C=O) groups excluding carboxylic acids is 1. The molecule has 1 aromatic rings. The summed E-state index contributed by atoms with van der Waals surface area (Å²) in [4.78, 5) is 11.9. The maximum atomic E-state index is 11.4. The van der Waals surface area contributed by atoms with E-state index in [1.807, 2.05) is 11.4 Å². The molecule has 17 heavy (non-hydrogen) atoms. The number of nitrogen functional groups attached to an aromatic ring is 1. The van der Waals surface area contributed by atoms with Crippen LogP contribution < -0.4 is 11.3 Å². The second-order valence-electron chi connectivity index (χ2n) is 3.43. The fourth-order valence-electron chi connectivity index (χ4n) is 1.11. The van der Waals surface area contributed by atoms with Crippen LogP contribution in [0.25, 0.3) is 0 Å². The van der Waals surface area contributed by atoms with Gasteiger partial charge in [0.05, 0.1) is 10.6 Å². The van der Waals surface area contributed by atoms with Crippen LogP contribution in [0.3, 0.4) is 0 Å². The molecule has 0 spiro atoms. The molecular formula is C9H14N2O3S3. The zero-order valence-electron chi connectivity index (χ0n) is 9.30. The quantitative estimate of drug-likeness (QED) is 0.348. The maximum Gasteiger partial charge on any atom is 0.275 e. The summed E-state index contributed by atoms with van der Waals surface area (Å²) in [7, 11) is -2.91. The van der Waals surface area contributed by atoms with Crippen molar-refractivity contribution in [3.8, 4) is 0 Å². The lowest BCUT2D eigenvalue weighted by molar-refractivity contribution is 0.0957. The van der Waals surface area contributed by atoms with Gasteiger partial charge < -0.3 is 0 Å². The molecule has 1 heterocycles. The smallest absolute Gasteiger partial charge is 0.275 e. The van der Waals surface area contributed by atoms with Crippen molar-refractivity contribution in [1.82, 2.24) is 5.43 Å². The summed E-state index contributed by atoms with van der Waals surface area (Å²) < 4.78 is 21.8. The number of hydrogen-bond acceptors (Lipinski definition) is 6. The number of hydrogen-bond donors (Lipinski definition) is 2. The molecule has 96 valence electrons. The van der Waals surface area contributed by atoms with Crippen molar-refractivity contribution < 1.29 is 13.2 Å². The normalized spacial score (nSPS) is 11.4. The lowest BCUT2D eigenvalue weighted by Gasteiger charge is -2.02. The van der Waals surface area contributed by atoms with E-state index < -0.39 is 9.84 Å². The number of thiophene rings is 1. The van der Waals surface area contributed by atoms with Crippen molar-refractivity contribution in [3.63, 3.8) is 0 Å². The first kappa shape index (κ1) is 14.5. The van der Waals surface area contributed by atoms with Gasteiger partial charge >= 0.3 is 0 Å². The third-order valence-corrected chi connectivity index (χ3v) is 5.11. The molecule has 0 aromatic carbocycles. The molecule has 1 rings (SSSR count).